The van der Waals surface area contributed by atoms with Gasteiger partial charge in [-0.2, -0.15) is 0 Å². The lowest BCUT2D eigenvalue weighted by Gasteiger charge is -2.42. The van der Waals surface area contributed by atoms with Gasteiger partial charge in [-0.05, 0) is 53.6 Å². The minimum absolute atomic E-state index is 0.0658. The zero-order valence-electron chi connectivity index (χ0n) is 18.9. The molecule has 1 fully saturated rings. The fourth-order valence-electron chi connectivity index (χ4n) is 4.83. The third kappa shape index (κ3) is 5.09. The molecule has 0 spiro atoms. The van der Waals surface area contributed by atoms with Crippen molar-refractivity contribution in [1.29, 1.82) is 0 Å². The van der Waals surface area contributed by atoms with Crippen LogP contribution < -0.4 is 9.47 Å². The Bertz CT molecular complexity index is 1100. The second kappa shape index (κ2) is 9.14. The Labute approximate surface area is 190 Å². The monoisotopic (exact) mass is 457 g/mol. The lowest BCUT2D eigenvalue weighted by Crippen LogP contribution is -2.46. The number of carbonyl (C=O) groups is 1. The third-order valence-corrected chi connectivity index (χ3v) is 7.58. The van der Waals surface area contributed by atoms with Crippen molar-refractivity contribution in [3.05, 3.63) is 59.2 Å². The largest absolute Gasteiger partial charge is 0.454 e. The van der Waals surface area contributed by atoms with Gasteiger partial charge in [0.05, 0.1) is 5.75 Å². The van der Waals surface area contributed by atoms with E-state index >= 15 is 0 Å². The molecule has 32 heavy (non-hydrogen) atoms. The molecule has 1 aliphatic heterocycles. The molecule has 1 amide bonds. The van der Waals surface area contributed by atoms with Gasteiger partial charge in [0, 0.05) is 24.4 Å². The van der Waals surface area contributed by atoms with Gasteiger partial charge >= 0.3 is 0 Å². The molecule has 1 aliphatic carbocycles. The molecule has 2 aromatic rings. The number of hydrogen-bond donors (Lipinski definition) is 0. The van der Waals surface area contributed by atoms with E-state index in [0.717, 1.165) is 24.2 Å². The lowest BCUT2D eigenvalue weighted by molar-refractivity contribution is 0.0449. The number of rotatable bonds is 6. The Kier molecular flexibility index (Phi) is 6.47. The van der Waals surface area contributed by atoms with Crippen molar-refractivity contribution in [2.24, 2.45) is 11.8 Å². The summed E-state index contributed by atoms with van der Waals surface area (Å²) in [5, 5.41) is 0. The molecule has 0 N–H and O–H groups in total. The molecule has 3 unspecified atom stereocenters. The van der Waals surface area contributed by atoms with Crippen molar-refractivity contribution in [1.82, 2.24) is 4.90 Å². The molecule has 1 saturated carbocycles. The number of amides is 1. The number of sulfone groups is 1. The molecule has 4 rings (SSSR count). The molecule has 2 aliphatic rings. The van der Waals surface area contributed by atoms with Crippen LogP contribution in [0.15, 0.2) is 42.5 Å². The van der Waals surface area contributed by atoms with E-state index in [1.54, 1.807) is 24.3 Å². The average Bonchev–Trinajstić information content (AvgIpc) is 3.21. The molecule has 0 radical (unpaired) electrons. The predicted molar refractivity (Wildman–Crippen MR) is 123 cm³/mol. The molecule has 7 heteroatoms. The van der Waals surface area contributed by atoms with Gasteiger partial charge in [0.25, 0.3) is 5.91 Å². The number of benzene rings is 2. The Morgan fingerprint density at radius 1 is 1.03 bits per heavy atom. The van der Waals surface area contributed by atoms with Gasteiger partial charge in [0.2, 0.25) is 6.79 Å². The van der Waals surface area contributed by atoms with Crippen LogP contribution in [-0.2, 0) is 22.1 Å². The summed E-state index contributed by atoms with van der Waals surface area (Å²) in [6.45, 7) is 5.17. The van der Waals surface area contributed by atoms with E-state index in [1.165, 1.54) is 12.7 Å². The Balaban J connectivity index is 1.65. The molecular formula is C25H31NO5S. The first kappa shape index (κ1) is 22.6. The molecule has 6 nitrogen and oxygen atoms in total. The molecule has 0 bridgehead atoms. The van der Waals surface area contributed by atoms with Crippen molar-refractivity contribution in [3.63, 3.8) is 0 Å². The SMILES string of the molecule is CC1CCCC(N(Cc2ccc3c(c2)OCO3)C(=O)c2cccc(CS(C)(=O)=O)c2)C1C. The van der Waals surface area contributed by atoms with Crippen LogP contribution >= 0.6 is 0 Å². The van der Waals surface area contributed by atoms with Crippen LogP contribution in [0.5, 0.6) is 11.5 Å². The summed E-state index contributed by atoms with van der Waals surface area (Å²) in [5.41, 5.74) is 2.14. The highest BCUT2D eigenvalue weighted by molar-refractivity contribution is 7.89. The number of fused-ring (bicyclic) bond motifs is 1. The average molecular weight is 458 g/mol. The molecule has 172 valence electrons. The first-order valence-electron chi connectivity index (χ1n) is 11.2. The summed E-state index contributed by atoms with van der Waals surface area (Å²) >= 11 is 0. The number of ether oxygens (including phenoxy) is 2. The summed E-state index contributed by atoms with van der Waals surface area (Å²) in [5.74, 6) is 2.20. The maximum absolute atomic E-state index is 13.8. The van der Waals surface area contributed by atoms with Crippen LogP contribution in [-0.4, -0.2) is 38.3 Å². The topological polar surface area (TPSA) is 72.9 Å². The first-order valence-corrected chi connectivity index (χ1v) is 13.2. The predicted octanol–water partition coefficient (Wildman–Crippen LogP) is 4.43. The van der Waals surface area contributed by atoms with Gasteiger partial charge in [-0.1, -0.05) is 44.9 Å². The second-order valence-corrected chi connectivity index (χ2v) is 11.4. The van der Waals surface area contributed by atoms with Crippen molar-refractivity contribution in [3.8, 4) is 11.5 Å². The highest BCUT2D eigenvalue weighted by Gasteiger charge is 2.34. The van der Waals surface area contributed by atoms with Crippen LogP contribution in [0.1, 0.15) is 54.6 Å². The fraction of sp³-hybridized carbons (Fsp3) is 0.480. The smallest absolute Gasteiger partial charge is 0.254 e. The van der Waals surface area contributed by atoms with E-state index in [-0.39, 0.29) is 24.5 Å². The van der Waals surface area contributed by atoms with E-state index in [2.05, 4.69) is 13.8 Å². The summed E-state index contributed by atoms with van der Waals surface area (Å²) in [6.07, 6.45) is 4.44. The third-order valence-electron chi connectivity index (χ3n) is 6.72. The molecule has 0 saturated heterocycles. The Morgan fingerprint density at radius 3 is 2.59 bits per heavy atom. The Hall–Kier alpha value is -2.54. The van der Waals surface area contributed by atoms with Gasteiger partial charge in [-0.25, -0.2) is 8.42 Å². The first-order chi connectivity index (χ1) is 15.2. The zero-order chi connectivity index (χ0) is 22.9. The van der Waals surface area contributed by atoms with Crippen molar-refractivity contribution < 1.29 is 22.7 Å². The maximum atomic E-state index is 13.8. The molecule has 0 aromatic heterocycles. The second-order valence-electron chi connectivity index (χ2n) is 9.23. The van der Waals surface area contributed by atoms with Crippen molar-refractivity contribution >= 4 is 15.7 Å². The van der Waals surface area contributed by atoms with Gasteiger partial charge in [-0.3, -0.25) is 4.79 Å². The highest BCUT2D eigenvalue weighted by Crippen LogP contribution is 2.36. The van der Waals surface area contributed by atoms with Crippen LogP contribution in [0.2, 0.25) is 0 Å². The molecular weight excluding hydrogens is 426 g/mol. The minimum Gasteiger partial charge on any atom is -0.454 e. The van der Waals surface area contributed by atoms with Gasteiger partial charge < -0.3 is 14.4 Å². The zero-order valence-corrected chi connectivity index (χ0v) is 19.7. The van der Waals surface area contributed by atoms with E-state index in [1.807, 2.05) is 23.1 Å². The lowest BCUT2D eigenvalue weighted by atomic mass is 9.77. The van der Waals surface area contributed by atoms with Gasteiger partial charge in [-0.15, -0.1) is 0 Å². The summed E-state index contributed by atoms with van der Waals surface area (Å²) in [4.78, 5) is 15.7. The van der Waals surface area contributed by atoms with Crippen molar-refractivity contribution in [2.45, 2.75) is 51.4 Å². The van der Waals surface area contributed by atoms with Crippen LogP contribution in [0.3, 0.4) is 0 Å². The standard InChI is InChI=1S/C25H31NO5S/c1-17-6-4-9-22(18(17)2)26(14-19-10-11-23-24(13-19)31-16-30-23)25(27)21-8-5-7-20(12-21)15-32(3,28)29/h5,7-8,10-13,17-18,22H,4,6,9,14-16H2,1-3H3. The number of nitrogens with zero attached hydrogens (tertiary/aromatic N) is 1. The quantitative estimate of drug-likeness (QED) is 0.642. The van der Waals surface area contributed by atoms with Gasteiger partial charge in [0.1, 0.15) is 0 Å². The molecule has 2 aromatic carbocycles. The fourth-order valence-corrected chi connectivity index (χ4v) is 5.62. The highest BCUT2D eigenvalue weighted by atomic mass is 32.2. The van der Waals surface area contributed by atoms with Gasteiger partial charge in [0.15, 0.2) is 21.3 Å². The van der Waals surface area contributed by atoms with E-state index < -0.39 is 9.84 Å². The van der Waals surface area contributed by atoms with Crippen LogP contribution in [0.25, 0.3) is 0 Å². The Morgan fingerprint density at radius 2 is 1.81 bits per heavy atom. The number of carbonyl (C=O) groups excluding carboxylic acids is 1. The van der Waals surface area contributed by atoms with E-state index in [9.17, 15) is 13.2 Å². The van der Waals surface area contributed by atoms with E-state index in [4.69, 9.17) is 9.47 Å². The summed E-state index contributed by atoms with van der Waals surface area (Å²) in [6, 6.07) is 12.9. The summed E-state index contributed by atoms with van der Waals surface area (Å²) in [7, 11) is -3.18. The maximum Gasteiger partial charge on any atom is 0.254 e. The van der Waals surface area contributed by atoms with Crippen molar-refractivity contribution in [2.75, 3.05) is 13.0 Å². The molecule has 3 atom stereocenters. The van der Waals surface area contributed by atoms with Crippen LogP contribution in [0.4, 0.5) is 0 Å². The minimum atomic E-state index is -3.18. The summed E-state index contributed by atoms with van der Waals surface area (Å²) < 4.78 is 34.5. The number of hydrogen-bond acceptors (Lipinski definition) is 5. The van der Waals surface area contributed by atoms with Crippen LogP contribution in [0, 0.1) is 11.8 Å². The van der Waals surface area contributed by atoms with E-state index in [0.29, 0.717) is 35.3 Å². The normalized spacial score (nSPS) is 22.5. The molecule has 1 heterocycles.